The van der Waals surface area contributed by atoms with E-state index in [2.05, 4.69) is 37.9 Å². The Balaban J connectivity index is 2.58. The van der Waals surface area contributed by atoms with Crippen molar-refractivity contribution in [3.05, 3.63) is 0 Å². The highest BCUT2D eigenvalue weighted by atomic mass is 16.5. The number of ether oxygens (including phenoxy) is 2. The Morgan fingerprint density at radius 2 is 2.11 bits per heavy atom. The second kappa shape index (κ2) is 8.90. The minimum absolute atomic E-state index is 0.294. The van der Waals surface area contributed by atoms with Gasteiger partial charge in [0.2, 0.25) is 0 Å². The van der Waals surface area contributed by atoms with Crippen LogP contribution in [0.4, 0.5) is 0 Å². The molecule has 0 aliphatic carbocycles. The zero-order chi connectivity index (χ0) is 14.3. The van der Waals surface area contributed by atoms with Crippen molar-refractivity contribution in [2.45, 2.75) is 52.3 Å². The number of hydrogen-bond acceptors (Lipinski definition) is 4. The fourth-order valence-corrected chi connectivity index (χ4v) is 2.80. The molecule has 0 amide bonds. The standard InChI is InChI=1S/C15H32N2O2/c1-6-16-15(13(4)7-9-18-5)14-11-17(12(2)3)8-10-19-14/h12-16H,6-11H2,1-5H3. The van der Waals surface area contributed by atoms with Gasteiger partial charge >= 0.3 is 0 Å². The van der Waals surface area contributed by atoms with Crippen molar-refractivity contribution in [1.29, 1.82) is 0 Å². The molecule has 0 spiro atoms. The SMILES string of the molecule is CCNC(C(C)CCOC)C1CN(C(C)C)CCO1. The first-order valence-electron chi connectivity index (χ1n) is 7.68. The molecule has 114 valence electrons. The lowest BCUT2D eigenvalue weighted by Gasteiger charge is -2.41. The highest BCUT2D eigenvalue weighted by Crippen LogP contribution is 2.19. The van der Waals surface area contributed by atoms with E-state index in [1.807, 2.05) is 0 Å². The monoisotopic (exact) mass is 272 g/mol. The highest BCUT2D eigenvalue weighted by Gasteiger charge is 2.31. The topological polar surface area (TPSA) is 33.7 Å². The van der Waals surface area contributed by atoms with Crippen LogP contribution in [-0.2, 0) is 9.47 Å². The van der Waals surface area contributed by atoms with Crippen LogP contribution in [0.25, 0.3) is 0 Å². The summed E-state index contributed by atoms with van der Waals surface area (Å²) in [4.78, 5) is 2.52. The minimum Gasteiger partial charge on any atom is -0.385 e. The van der Waals surface area contributed by atoms with Gasteiger partial charge in [0.05, 0.1) is 12.7 Å². The Morgan fingerprint density at radius 1 is 1.37 bits per heavy atom. The number of likely N-dealkylation sites (N-methyl/N-ethyl adjacent to an activating group) is 1. The Hall–Kier alpha value is -0.160. The van der Waals surface area contributed by atoms with Crippen molar-refractivity contribution in [2.24, 2.45) is 5.92 Å². The first kappa shape index (κ1) is 16.9. The molecular weight excluding hydrogens is 240 g/mol. The van der Waals surface area contributed by atoms with Crippen molar-refractivity contribution in [2.75, 3.05) is 40.0 Å². The molecule has 1 heterocycles. The van der Waals surface area contributed by atoms with E-state index in [1.165, 1.54) is 0 Å². The fourth-order valence-electron chi connectivity index (χ4n) is 2.80. The van der Waals surface area contributed by atoms with Gasteiger partial charge in [-0.3, -0.25) is 4.90 Å². The normalized spacial score (nSPS) is 24.6. The summed E-state index contributed by atoms with van der Waals surface area (Å²) in [6.45, 7) is 13.7. The van der Waals surface area contributed by atoms with E-state index in [0.29, 0.717) is 24.1 Å². The molecule has 4 nitrogen and oxygen atoms in total. The number of hydrogen-bond donors (Lipinski definition) is 1. The van der Waals surface area contributed by atoms with Gasteiger partial charge in [0.25, 0.3) is 0 Å². The van der Waals surface area contributed by atoms with Crippen LogP contribution in [0, 0.1) is 5.92 Å². The molecule has 4 heteroatoms. The van der Waals surface area contributed by atoms with Crippen LogP contribution in [0.3, 0.4) is 0 Å². The summed E-state index contributed by atoms with van der Waals surface area (Å²) >= 11 is 0. The number of morpholine rings is 1. The van der Waals surface area contributed by atoms with Crippen LogP contribution in [0.2, 0.25) is 0 Å². The maximum atomic E-state index is 6.03. The summed E-state index contributed by atoms with van der Waals surface area (Å²) in [7, 11) is 1.77. The Kier molecular flexibility index (Phi) is 7.91. The van der Waals surface area contributed by atoms with Gasteiger partial charge in [-0.05, 0) is 32.7 Å². The Bertz CT molecular complexity index is 236. The van der Waals surface area contributed by atoms with E-state index in [0.717, 1.165) is 39.3 Å². The van der Waals surface area contributed by atoms with Gasteiger partial charge in [-0.25, -0.2) is 0 Å². The lowest BCUT2D eigenvalue weighted by molar-refractivity contribution is -0.0648. The summed E-state index contributed by atoms with van der Waals surface area (Å²) in [6.07, 6.45) is 1.37. The zero-order valence-corrected chi connectivity index (χ0v) is 13.3. The second-order valence-electron chi connectivity index (χ2n) is 5.84. The minimum atomic E-state index is 0.294. The quantitative estimate of drug-likeness (QED) is 0.730. The maximum absolute atomic E-state index is 6.03. The summed E-state index contributed by atoms with van der Waals surface area (Å²) in [5.41, 5.74) is 0. The molecule has 1 fully saturated rings. The highest BCUT2D eigenvalue weighted by molar-refractivity contribution is 4.87. The first-order valence-corrected chi connectivity index (χ1v) is 7.68. The second-order valence-corrected chi connectivity index (χ2v) is 5.84. The molecule has 0 radical (unpaired) electrons. The molecule has 0 saturated carbocycles. The van der Waals surface area contributed by atoms with E-state index >= 15 is 0 Å². The van der Waals surface area contributed by atoms with Gasteiger partial charge in [-0.1, -0.05) is 13.8 Å². The van der Waals surface area contributed by atoms with Crippen molar-refractivity contribution in [1.82, 2.24) is 10.2 Å². The van der Waals surface area contributed by atoms with Crippen molar-refractivity contribution in [3.8, 4) is 0 Å². The van der Waals surface area contributed by atoms with Crippen LogP contribution in [0.15, 0.2) is 0 Å². The van der Waals surface area contributed by atoms with Gasteiger partial charge in [0, 0.05) is 38.9 Å². The third kappa shape index (κ3) is 5.38. The molecule has 0 bridgehead atoms. The van der Waals surface area contributed by atoms with Gasteiger partial charge in [-0.2, -0.15) is 0 Å². The summed E-state index contributed by atoms with van der Waals surface area (Å²) in [5.74, 6) is 0.567. The fraction of sp³-hybridized carbons (Fsp3) is 1.00. The molecule has 0 aromatic rings. The van der Waals surface area contributed by atoms with Crippen molar-refractivity contribution >= 4 is 0 Å². The Morgan fingerprint density at radius 3 is 2.68 bits per heavy atom. The lowest BCUT2D eigenvalue weighted by atomic mass is 9.92. The van der Waals surface area contributed by atoms with E-state index < -0.39 is 0 Å². The third-order valence-electron chi connectivity index (χ3n) is 4.09. The molecule has 3 unspecified atom stereocenters. The van der Waals surface area contributed by atoms with E-state index in [1.54, 1.807) is 7.11 Å². The first-order chi connectivity index (χ1) is 9.10. The van der Waals surface area contributed by atoms with E-state index in [4.69, 9.17) is 9.47 Å². The molecule has 1 aliphatic heterocycles. The molecule has 0 aromatic carbocycles. The number of nitrogens with zero attached hydrogens (tertiary/aromatic N) is 1. The van der Waals surface area contributed by atoms with Crippen LogP contribution < -0.4 is 5.32 Å². The van der Waals surface area contributed by atoms with Gasteiger partial charge in [-0.15, -0.1) is 0 Å². The predicted octanol–water partition coefficient (Wildman–Crippen LogP) is 1.75. The average molecular weight is 272 g/mol. The van der Waals surface area contributed by atoms with Crippen LogP contribution >= 0.6 is 0 Å². The van der Waals surface area contributed by atoms with Gasteiger partial charge in [0.1, 0.15) is 0 Å². The Labute approximate surface area is 118 Å². The van der Waals surface area contributed by atoms with Crippen LogP contribution in [-0.4, -0.2) is 63.0 Å². The maximum Gasteiger partial charge on any atom is 0.0857 e. The summed E-state index contributed by atoms with van der Waals surface area (Å²) in [6, 6.07) is 1.02. The predicted molar refractivity (Wildman–Crippen MR) is 79.6 cm³/mol. The third-order valence-corrected chi connectivity index (χ3v) is 4.09. The van der Waals surface area contributed by atoms with Crippen molar-refractivity contribution < 1.29 is 9.47 Å². The van der Waals surface area contributed by atoms with Gasteiger partial charge < -0.3 is 14.8 Å². The smallest absolute Gasteiger partial charge is 0.0857 e. The molecule has 1 aliphatic rings. The number of nitrogens with one attached hydrogen (secondary N) is 1. The molecule has 1 N–H and O–H groups in total. The van der Waals surface area contributed by atoms with E-state index in [-0.39, 0.29) is 0 Å². The van der Waals surface area contributed by atoms with E-state index in [9.17, 15) is 0 Å². The van der Waals surface area contributed by atoms with Crippen LogP contribution in [0.5, 0.6) is 0 Å². The van der Waals surface area contributed by atoms with Crippen LogP contribution in [0.1, 0.15) is 34.1 Å². The number of rotatable bonds is 8. The summed E-state index contributed by atoms with van der Waals surface area (Å²) in [5, 5.41) is 3.61. The lowest BCUT2D eigenvalue weighted by Crippen LogP contribution is -2.56. The van der Waals surface area contributed by atoms with Crippen molar-refractivity contribution in [3.63, 3.8) is 0 Å². The molecule has 1 rings (SSSR count). The average Bonchev–Trinajstić information content (AvgIpc) is 2.42. The number of methoxy groups -OCH3 is 1. The summed E-state index contributed by atoms with van der Waals surface area (Å²) < 4.78 is 11.2. The molecule has 3 atom stereocenters. The molecule has 0 aromatic heterocycles. The molecule has 19 heavy (non-hydrogen) atoms. The largest absolute Gasteiger partial charge is 0.385 e. The van der Waals surface area contributed by atoms with Gasteiger partial charge in [0.15, 0.2) is 0 Å². The molecule has 1 saturated heterocycles. The molecular formula is C15H32N2O2. The zero-order valence-electron chi connectivity index (χ0n) is 13.3.